The number of carboxylic acid groups (broad SMARTS) is 1. The Kier molecular flexibility index (Phi) is 7.64. The van der Waals surface area contributed by atoms with Gasteiger partial charge >= 0.3 is 5.97 Å². The van der Waals surface area contributed by atoms with Crippen molar-refractivity contribution < 1.29 is 9.90 Å². The number of nitrogens with zero attached hydrogens (tertiary/aromatic N) is 2. The molecule has 4 rings (SSSR count). The minimum atomic E-state index is -0.742. The van der Waals surface area contributed by atoms with Crippen LogP contribution in [0.1, 0.15) is 49.7 Å². The Hall–Kier alpha value is -1.76. The van der Waals surface area contributed by atoms with Crippen molar-refractivity contribution >= 4 is 56.0 Å². The summed E-state index contributed by atoms with van der Waals surface area (Å²) in [6.45, 7) is 6.21. The molecule has 1 unspecified atom stereocenters. The molecule has 32 heavy (non-hydrogen) atoms. The molecule has 2 heterocycles. The van der Waals surface area contributed by atoms with Gasteiger partial charge in [-0.05, 0) is 85.2 Å². The highest BCUT2D eigenvalue weighted by Crippen LogP contribution is 2.34. The van der Waals surface area contributed by atoms with Crippen LogP contribution in [0.3, 0.4) is 0 Å². The molecular formula is C25H29ClN2O2S2. The van der Waals surface area contributed by atoms with Crippen molar-refractivity contribution in [3.8, 4) is 0 Å². The summed E-state index contributed by atoms with van der Waals surface area (Å²) in [5.74, 6) is 1.19. The molecule has 1 aliphatic heterocycles. The number of hydrogen-bond acceptors (Lipinski definition) is 5. The maximum absolute atomic E-state index is 11.0. The number of rotatable bonds is 8. The average molecular weight is 489 g/mol. The summed E-state index contributed by atoms with van der Waals surface area (Å²) in [5, 5.41) is 10.9. The lowest BCUT2D eigenvalue weighted by molar-refractivity contribution is -0.137. The molecule has 0 spiro atoms. The molecule has 1 fully saturated rings. The second-order valence-electron chi connectivity index (χ2n) is 8.69. The van der Waals surface area contributed by atoms with E-state index >= 15 is 0 Å². The zero-order valence-corrected chi connectivity index (χ0v) is 20.9. The van der Waals surface area contributed by atoms with E-state index in [-0.39, 0.29) is 12.3 Å². The first-order chi connectivity index (χ1) is 15.4. The SMILES string of the molecule is Cc1cc(SCCC2CCN(c3nc4ccc(Cl)cc4s3)CC2)ccc1C(C)CC(=O)O. The number of thioether (sulfide) groups is 1. The Morgan fingerprint density at radius 1 is 1.28 bits per heavy atom. The topological polar surface area (TPSA) is 53.4 Å². The predicted octanol–water partition coefficient (Wildman–Crippen LogP) is 7.24. The van der Waals surface area contributed by atoms with Gasteiger partial charge in [-0.15, -0.1) is 11.8 Å². The van der Waals surface area contributed by atoms with Crippen LogP contribution in [0.2, 0.25) is 5.02 Å². The number of aryl methyl sites for hydroxylation is 1. The summed E-state index contributed by atoms with van der Waals surface area (Å²) >= 11 is 9.76. The molecular weight excluding hydrogens is 460 g/mol. The van der Waals surface area contributed by atoms with Crippen molar-refractivity contribution in [1.29, 1.82) is 0 Å². The van der Waals surface area contributed by atoms with E-state index in [2.05, 4.69) is 30.0 Å². The molecule has 1 aromatic heterocycles. The summed E-state index contributed by atoms with van der Waals surface area (Å²) in [6, 6.07) is 12.4. The quantitative estimate of drug-likeness (QED) is 0.339. The molecule has 1 N–H and O–H groups in total. The van der Waals surface area contributed by atoms with Gasteiger partial charge in [0.25, 0.3) is 0 Å². The average Bonchev–Trinajstić information content (AvgIpc) is 3.17. The van der Waals surface area contributed by atoms with Crippen LogP contribution in [0.5, 0.6) is 0 Å². The number of aliphatic carboxylic acids is 1. The summed E-state index contributed by atoms with van der Waals surface area (Å²) in [4.78, 5) is 19.5. The Morgan fingerprint density at radius 3 is 2.78 bits per heavy atom. The van der Waals surface area contributed by atoms with E-state index in [1.165, 1.54) is 29.7 Å². The molecule has 0 saturated carbocycles. The van der Waals surface area contributed by atoms with E-state index < -0.39 is 5.97 Å². The van der Waals surface area contributed by atoms with Gasteiger partial charge in [-0.3, -0.25) is 4.79 Å². The molecule has 0 radical (unpaired) electrons. The Morgan fingerprint density at radius 2 is 2.06 bits per heavy atom. The minimum Gasteiger partial charge on any atom is -0.481 e. The number of benzene rings is 2. The van der Waals surface area contributed by atoms with E-state index in [1.54, 1.807) is 11.3 Å². The number of halogens is 1. The molecule has 2 aromatic carbocycles. The van der Waals surface area contributed by atoms with E-state index in [1.807, 2.05) is 36.9 Å². The second-order valence-corrected chi connectivity index (χ2v) is 11.3. The van der Waals surface area contributed by atoms with Crippen molar-refractivity contribution in [3.05, 3.63) is 52.5 Å². The molecule has 4 nitrogen and oxygen atoms in total. The number of thiazole rings is 1. The van der Waals surface area contributed by atoms with Gasteiger partial charge in [0.2, 0.25) is 0 Å². The van der Waals surface area contributed by atoms with Crippen LogP contribution in [-0.2, 0) is 4.79 Å². The number of aromatic nitrogens is 1. The summed E-state index contributed by atoms with van der Waals surface area (Å²) in [5.41, 5.74) is 3.36. The van der Waals surface area contributed by atoms with Gasteiger partial charge in [0, 0.05) is 23.0 Å². The summed E-state index contributed by atoms with van der Waals surface area (Å²) in [6.07, 6.45) is 3.82. The second kappa shape index (κ2) is 10.4. The van der Waals surface area contributed by atoms with E-state index in [9.17, 15) is 4.79 Å². The third-order valence-electron chi connectivity index (χ3n) is 6.27. The van der Waals surface area contributed by atoms with Gasteiger partial charge in [0.15, 0.2) is 5.13 Å². The molecule has 7 heteroatoms. The normalized spacial score (nSPS) is 15.9. The molecule has 1 atom stereocenters. The number of hydrogen-bond donors (Lipinski definition) is 1. The van der Waals surface area contributed by atoms with Gasteiger partial charge in [0.05, 0.1) is 16.6 Å². The van der Waals surface area contributed by atoms with Gasteiger partial charge in [0.1, 0.15) is 0 Å². The van der Waals surface area contributed by atoms with Gasteiger partial charge < -0.3 is 10.0 Å². The molecule has 0 amide bonds. The largest absolute Gasteiger partial charge is 0.481 e. The maximum Gasteiger partial charge on any atom is 0.303 e. The minimum absolute atomic E-state index is 0.0455. The van der Waals surface area contributed by atoms with Crippen LogP contribution in [0.15, 0.2) is 41.3 Å². The number of piperidine rings is 1. The first-order valence-electron chi connectivity index (χ1n) is 11.1. The number of anilines is 1. The van der Waals surface area contributed by atoms with Crippen LogP contribution in [-0.4, -0.2) is 34.9 Å². The standard InChI is InChI=1S/C25H29ClN2O2S2/c1-16-13-20(4-5-21(16)17(2)14-24(29)30)31-12-9-18-7-10-28(11-8-18)25-27-22-6-3-19(26)15-23(22)32-25/h3-6,13,15,17-18H,7-12,14H2,1-2H3,(H,29,30). The smallest absolute Gasteiger partial charge is 0.303 e. The van der Waals surface area contributed by atoms with Gasteiger partial charge in [-0.25, -0.2) is 4.98 Å². The zero-order chi connectivity index (χ0) is 22.7. The third-order valence-corrected chi connectivity index (χ3v) is 8.61. The van der Waals surface area contributed by atoms with Crippen LogP contribution in [0.25, 0.3) is 10.2 Å². The highest BCUT2D eigenvalue weighted by Gasteiger charge is 2.21. The Bertz CT molecular complexity index is 1090. The van der Waals surface area contributed by atoms with Crippen molar-refractivity contribution in [1.82, 2.24) is 4.98 Å². The fourth-order valence-electron chi connectivity index (χ4n) is 4.44. The summed E-state index contributed by atoms with van der Waals surface area (Å²) < 4.78 is 1.16. The molecule has 170 valence electrons. The van der Waals surface area contributed by atoms with Crippen molar-refractivity contribution in [2.24, 2.45) is 5.92 Å². The molecule has 0 aliphatic carbocycles. The number of fused-ring (bicyclic) bond motifs is 1. The molecule has 1 saturated heterocycles. The lowest BCUT2D eigenvalue weighted by Crippen LogP contribution is -2.33. The maximum atomic E-state index is 11.0. The van der Waals surface area contributed by atoms with Crippen molar-refractivity contribution in [3.63, 3.8) is 0 Å². The van der Waals surface area contributed by atoms with Crippen LogP contribution in [0, 0.1) is 12.8 Å². The Labute approximate surface area is 203 Å². The highest BCUT2D eigenvalue weighted by molar-refractivity contribution is 7.99. The van der Waals surface area contributed by atoms with Crippen molar-refractivity contribution in [2.75, 3.05) is 23.7 Å². The fourth-order valence-corrected chi connectivity index (χ4v) is 6.85. The third kappa shape index (κ3) is 5.77. The van der Waals surface area contributed by atoms with E-state index in [0.29, 0.717) is 0 Å². The van der Waals surface area contributed by atoms with Crippen LogP contribution in [0.4, 0.5) is 5.13 Å². The zero-order valence-electron chi connectivity index (χ0n) is 18.5. The van der Waals surface area contributed by atoms with E-state index in [4.69, 9.17) is 21.7 Å². The first kappa shape index (κ1) is 23.4. The highest BCUT2D eigenvalue weighted by atomic mass is 35.5. The van der Waals surface area contributed by atoms with Crippen LogP contribution < -0.4 is 4.90 Å². The fraction of sp³-hybridized carbons (Fsp3) is 0.440. The molecule has 3 aromatic rings. The first-order valence-corrected chi connectivity index (χ1v) is 13.3. The van der Waals surface area contributed by atoms with Crippen molar-refractivity contribution in [2.45, 2.75) is 50.3 Å². The summed E-state index contributed by atoms with van der Waals surface area (Å²) in [7, 11) is 0. The monoisotopic (exact) mass is 488 g/mol. The molecule has 0 bridgehead atoms. The molecule has 1 aliphatic rings. The van der Waals surface area contributed by atoms with E-state index in [0.717, 1.165) is 50.7 Å². The van der Waals surface area contributed by atoms with Gasteiger partial charge in [-0.2, -0.15) is 0 Å². The van der Waals surface area contributed by atoms with Gasteiger partial charge in [-0.1, -0.05) is 35.9 Å². The van der Waals surface area contributed by atoms with Crippen LogP contribution >= 0.6 is 34.7 Å². The lowest BCUT2D eigenvalue weighted by Gasteiger charge is -2.31. The lowest BCUT2D eigenvalue weighted by atomic mass is 9.94. The Balaban J connectivity index is 1.24. The number of carboxylic acids is 1. The number of carbonyl (C=O) groups is 1. The predicted molar refractivity (Wildman–Crippen MR) is 137 cm³/mol.